The van der Waals surface area contributed by atoms with Gasteiger partial charge < -0.3 is 9.47 Å². The lowest BCUT2D eigenvalue weighted by Gasteiger charge is -2.18. The van der Waals surface area contributed by atoms with Gasteiger partial charge in [-0.1, -0.05) is 0 Å². The van der Waals surface area contributed by atoms with Gasteiger partial charge in [-0.2, -0.15) is 5.26 Å². The maximum atomic E-state index is 10.9. The standard InChI is InChI=1S/C7H11NO3/c1-7(2,4-11-5-8)6(9)10-3/h4H2,1-3H3. The van der Waals surface area contributed by atoms with E-state index in [1.807, 2.05) is 0 Å². The number of carbonyl (C=O) groups excluding carboxylic acids is 1. The fourth-order valence-electron chi connectivity index (χ4n) is 0.548. The molecular weight excluding hydrogens is 146 g/mol. The summed E-state index contributed by atoms with van der Waals surface area (Å²) < 4.78 is 8.91. The van der Waals surface area contributed by atoms with Gasteiger partial charge in [-0.3, -0.25) is 4.79 Å². The van der Waals surface area contributed by atoms with Crippen LogP contribution in [0.25, 0.3) is 0 Å². The smallest absolute Gasteiger partial charge is 0.314 e. The van der Waals surface area contributed by atoms with Crippen LogP contribution in [0.5, 0.6) is 0 Å². The lowest BCUT2D eigenvalue weighted by molar-refractivity contribution is -0.152. The van der Waals surface area contributed by atoms with Crippen molar-refractivity contribution in [2.75, 3.05) is 13.7 Å². The molecule has 0 aliphatic carbocycles. The fourth-order valence-corrected chi connectivity index (χ4v) is 0.548. The summed E-state index contributed by atoms with van der Waals surface area (Å²) in [5, 5.41) is 8.06. The van der Waals surface area contributed by atoms with E-state index in [0.717, 1.165) is 0 Å². The van der Waals surface area contributed by atoms with Gasteiger partial charge in [-0.15, -0.1) is 0 Å². The lowest BCUT2D eigenvalue weighted by atomic mass is 9.95. The van der Waals surface area contributed by atoms with Crippen LogP contribution in [-0.2, 0) is 14.3 Å². The zero-order valence-electron chi connectivity index (χ0n) is 6.88. The topological polar surface area (TPSA) is 59.3 Å². The van der Waals surface area contributed by atoms with E-state index in [-0.39, 0.29) is 12.6 Å². The molecule has 0 unspecified atom stereocenters. The first kappa shape index (κ1) is 9.76. The van der Waals surface area contributed by atoms with E-state index in [9.17, 15) is 4.79 Å². The van der Waals surface area contributed by atoms with Gasteiger partial charge >= 0.3 is 5.97 Å². The molecule has 11 heavy (non-hydrogen) atoms. The summed E-state index contributed by atoms with van der Waals surface area (Å²) >= 11 is 0. The van der Waals surface area contributed by atoms with Crippen LogP contribution in [0, 0.1) is 16.9 Å². The molecule has 0 saturated heterocycles. The van der Waals surface area contributed by atoms with Crippen molar-refractivity contribution in [2.24, 2.45) is 5.41 Å². The largest absolute Gasteiger partial charge is 0.469 e. The van der Waals surface area contributed by atoms with Gasteiger partial charge in [-0.05, 0) is 13.8 Å². The van der Waals surface area contributed by atoms with Gasteiger partial charge in [0, 0.05) is 0 Å². The van der Waals surface area contributed by atoms with E-state index >= 15 is 0 Å². The van der Waals surface area contributed by atoms with E-state index in [1.165, 1.54) is 13.4 Å². The third-order valence-corrected chi connectivity index (χ3v) is 1.24. The first-order valence-corrected chi connectivity index (χ1v) is 3.14. The normalized spacial score (nSPS) is 10.0. The maximum Gasteiger partial charge on any atom is 0.314 e. The highest BCUT2D eigenvalue weighted by Gasteiger charge is 2.29. The number of nitriles is 1. The molecule has 0 fully saturated rings. The number of nitrogens with zero attached hydrogens (tertiary/aromatic N) is 1. The lowest BCUT2D eigenvalue weighted by Crippen LogP contribution is -2.30. The van der Waals surface area contributed by atoms with Crippen molar-refractivity contribution in [1.82, 2.24) is 0 Å². The van der Waals surface area contributed by atoms with Gasteiger partial charge in [0.25, 0.3) is 6.26 Å². The zero-order chi connectivity index (χ0) is 8.91. The van der Waals surface area contributed by atoms with Crippen molar-refractivity contribution in [3.63, 3.8) is 0 Å². The molecule has 0 rings (SSSR count). The van der Waals surface area contributed by atoms with Crippen LogP contribution < -0.4 is 0 Å². The Hall–Kier alpha value is -1.24. The molecule has 0 aromatic rings. The number of ether oxygens (including phenoxy) is 2. The molecule has 0 saturated carbocycles. The molecule has 0 aromatic heterocycles. The Morgan fingerprint density at radius 3 is 2.55 bits per heavy atom. The quantitative estimate of drug-likeness (QED) is 0.446. The summed E-state index contributed by atoms with van der Waals surface area (Å²) in [4.78, 5) is 10.9. The third-order valence-electron chi connectivity index (χ3n) is 1.24. The van der Waals surface area contributed by atoms with Crippen molar-refractivity contribution in [3.05, 3.63) is 0 Å². The molecule has 4 heteroatoms. The van der Waals surface area contributed by atoms with Crippen molar-refractivity contribution in [2.45, 2.75) is 13.8 Å². The maximum absolute atomic E-state index is 10.9. The number of esters is 1. The van der Waals surface area contributed by atoms with Gasteiger partial charge in [-0.25, -0.2) is 0 Å². The van der Waals surface area contributed by atoms with Crippen LogP contribution in [-0.4, -0.2) is 19.7 Å². The van der Waals surface area contributed by atoms with Gasteiger partial charge in [0.2, 0.25) is 0 Å². The third kappa shape index (κ3) is 2.89. The van der Waals surface area contributed by atoms with Crippen LogP contribution in [0.4, 0.5) is 0 Å². The van der Waals surface area contributed by atoms with Crippen LogP contribution in [0.2, 0.25) is 0 Å². The van der Waals surface area contributed by atoms with Crippen molar-refractivity contribution in [3.8, 4) is 6.26 Å². The monoisotopic (exact) mass is 157 g/mol. The van der Waals surface area contributed by atoms with E-state index in [4.69, 9.17) is 5.26 Å². The second-order valence-corrected chi connectivity index (χ2v) is 2.76. The Balaban J connectivity index is 4.01. The number of hydrogen-bond acceptors (Lipinski definition) is 4. The molecule has 0 aliphatic heterocycles. The Bertz CT molecular complexity index is 181. The molecule has 4 nitrogen and oxygen atoms in total. The predicted molar refractivity (Wildman–Crippen MR) is 37.4 cm³/mol. The summed E-state index contributed by atoms with van der Waals surface area (Å²) in [6.07, 6.45) is 1.49. The molecule has 0 heterocycles. The average Bonchev–Trinajstić information content (AvgIpc) is 1.99. The highest BCUT2D eigenvalue weighted by Crippen LogP contribution is 2.16. The van der Waals surface area contributed by atoms with Crippen LogP contribution >= 0.6 is 0 Å². The Kier molecular flexibility index (Phi) is 3.38. The van der Waals surface area contributed by atoms with Crippen LogP contribution in [0.15, 0.2) is 0 Å². The molecule has 0 radical (unpaired) electrons. The van der Waals surface area contributed by atoms with Crippen molar-refractivity contribution >= 4 is 5.97 Å². The van der Waals surface area contributed by atoms with Gasteiger partial charge in [0.1, 0.15) is 6.61 Å². The molecule has 0 aliphatic rings. The second kappa shape index (κ2) is 3.81. The number of carbonyl (C=O) groups is 1. The Morgan fingerprint density at radius 2 is 2.18 bits per heavy atom. The predicted octanol–water partition coefficient (Wildman–Crippen LogP) is 0.683. The molecule has 0 N–H and O–H groups in total. The fraction of sp³-hybridized carbons (Fsp3) is 0.714. The van der Waals surface area contributed by atoms with Crippen molar-refractivity contribution in [1.29, 1.82) is 5.26 Å². The van der Waals surface area contributed by atoms with E-state index < -0.39 is 5.41 Å². The van der Waals surface area contributed by atoms with Crippen LogP contribution in [0.3, 0.4) is 0 Å². The highest BCUT2D eigenvalue weighted by molar-refractivity contribution is 5.75. The van der Waals surface area contributed by atoms with Gasteiger partial charge in [0.05, 0.1) is 12.5 Å². The first-order valence-electron chi connectivity index (χ1n) is 3.14. The number of hydrogen-bond donors (Lipinski definition) is 0. The van der Waals surface area contributed by atoms with E-state index in [0.29, 0.717) is 0 Å². The molecule has 0 bridgehead atoms. The molecule has 0 amide bonds. The van der Waals surface area contributed by atoms with Crippen LogP contribution in [0.1, 0.15) is 13.8 Å². The SMILES string of the molecule is COC(=O)C(C)(C)COC#N. The number of rotatable bonds is 3. The highest BCUT2D eigenvalue weighted by atomic mass is 16.5. The molecule has 0 atom stereocenters. The molecule has 62 valence electrons. The van der Waals surface area contributed by atoms with Gasteiger partial charge in [0.15, 0.2) is 0 Å². The first-order chi connectivity index (χ1) is 5.04. The molecule has 0 spiro atoms. The van der Waals surface area contributed by atoms with Crippen molar-refractivity contribution < 1.29 is 14.3 Å². The number of methoxy groups -OCH3 is 1. The Labute approximate surface area is 65.7 Å². The summed E-state index contributed by atoms with van der Waals surface area (Å²) in [5.41, 5.74) is -0.746. The summed E-state index contributed by atoms with van der Waals surface area (Å²) in [6.45, 7) is 3.35. The molecule has 0 aromatic carbocycles. The van der Waals surface area contributed by atoms with E-state index in [2.05, 4.69) is 9.47 Å². The van der Waals surface area contributed by atoms with E-state index in [1.54, 1.807) is 13.8 Å². The minimum atomic E-state index is -0.746. The summed E-state index contributed by atoms with van der Waals surface area (Å²) in [6, 6.07) is 0. The summed E-state index contributed by atoms with van der Waals surface area (Å²) in [5.74, 6) is -0.382. The summed E-state index contributed by atoms with van der Waals surface area (Å²) in [7, 11) is 1.30. The minimum Gasteiger partial charge on any atom is -0.469 e. The Morgan fingerprint density at radius 1 is 1.64 bits per heavy atom. The zero-order valence-corrected chi connectivity index (χ0v) is 6.88. The second-order valence-electron chi connectivity index (χ2n) is 2.76. The minimum absolute atomic E-state index is 0.0518. The average molecular weight is 157 g/mol. The molecular formula is C7H11NO3.